The number of aromatic nitrogens is 1. The average Bonchev–Trinajstić information content (AvgIpc) is 2.35. The summed E-state index contributed by atoms with van der Waals surface area (Å²) in [5.74, 6) is -0.401. The SMILES string of the molecule is O=c1ccc(F)cn1Cc1ccc(CBr)cc1. The summed E-state index contributed by atoms with van der Waals surface area (Å²) < 4.78 is 14.4. The van der Waals surface area contributed by atoms with Crippen LogP contribution in [0.1, 0.15) is 11.1 Å². The quantitative estimate of drug-likeness (QED) is 0.798. The third-order valence-electron chi connectivity index (χ3n) is 2.48. The number of pyridine rings is 1. The molecule has 0 aliphatic rings. The van der Waals surface area contributed by atoms with Crippen molar-refractivity contribution in [3.05, 3.63) is 69.9 Å². The predicted molar refractivity (Wildman–Crippen MR) is 68.8 cm³/mol. The Balaban J connectivity index is 2.25. The summed E-state index contributed by atoms with van der Waals surface area (Å²) in [4.78, 5) is 11.5. The van der Waals surface area contributed by atoms with Gasteiger partial charge in [0.25, 0.3) is 5.56 Å². The smallest absolute Gasteiger partial charge is 0.251 e. The Morgan fingerprint density at radius 2 is 1.71 bits per heavy atom. The van der Waals surface area contributed by atoms with Crippen LogP contribution in [-0.4, -0.2) is 4.57 Å². The van der Waals surface area contributed by atoms with Crippen LogP contribution >= 0.6 is 15.9 Å². The van der Waals surface area contributed by atoms with Gasteiger partial charge < -0.3 is 4.57 Å². The molecule has 0 saturated heterocycles. The van der Waals surface area contributed by atoms with E-state index in [0.717, 1.165) is 10.9 Å². The molecule has 0 aliphatic carbocycles. The van der Waals surface area contributed by atoms with E-state index < -0.39 is 5.82 Å². The van der Waals surface area contributed by atoms with Gasteiger partial charge in [-0.15, -0.1) is 0 Å². The lowest BCUT2D eigenvalue weighted by atomic mass is 10.1. The van der Waals surface area contributed by atoms with Crippen molar-refractivity contribution in [1.29, 1.82) is 0 Å². The first-order valence-electron chi connectivity index (χ1n) is 5.19. The minimum atomic E-state index is -0.401. The molecule has 0 atom stereocenters. The first kappa shape index (κ1) is 12.0. The number of hydrogen-bond donors (Lipinski definition) is 0. The zero-order valence-electron chi connectivity index (χ0n) is 9.07. The zero-order valence-corrected chi connectivity index (χ0v) is 10.7. The molecule has 0 spiro atoms. The van der Waals surface area contributed by atoms with Crippen molar-refractivity contribution >= 4 is 15.9 Å². The van der Waals surface area contributed by atoms with Crippen molar-refractivity contribution in [1.82, 2.24) is 4.57 Å². The third kappa shape index (κ3) is 3.03. The molecule has 1 heterocycles. The monoisotopic (exact) mass is 295 g/mol. The van der Waals surface area contributed by atoms with E-state index in [1.165, 1.54) is 28.5 Å². The maximum atomic E-state index is 13.0. The van der Waals surface area contributed by atoms with Crippen LogP contribution in [0.5, 0.6) is 0 Å². The highest BCUT2D eigenvalue weighted by atomic mass is 79.9. The fourth-order valence-electron chi connectivity index (χ4n) is 1.56. The topological polar surface area (TPSA) is 22.0 Å². The lowest BCUT2D eigenvalue weighted by Gasteiger charge is -2.06. The Labute approximate surface area is 107 Å². The Morgan fingerprint density at radius 3 is 2.35 bits per heavy atom. The Kier molecular flexibility index (Phi) is 3.74. The molecule has 88 valence electrons. The molecule has 0 bridgehead atoms. The first-order valence-corrected chi connectivity index (χ1v) is 6.31. The standard InChI is InChI=1S/C13H11BrFNO/c14-7-10-1-3-11(4-2-10)8-16-9-12(15)5-6-13(16)17/h1-6,9H,7-8H2. The van der Waals surface area contributed by atoms with Gasteiger partial charge in [-0.3, -0.25) is 4.79 Å². The largest absolute Gasteiger partial charge is 0.308 e. The van der Waals surface area contributed by atoms with Crippen LogP contribution in [0.15, 0.2) is 47.4 Å². The zero-order chi connectivity index (χ0) is 12.3. The molecule has 2 aromatic rings. The molecule has 0 saturated carbocycles. The second-order valence-electron chi connectivity index (χ2n) is 3.76. The molecule has 0 radical (unpaired) electrons. The fraction of sp³-hybridized carbons (Fsp3) is 0.154. The molecule has 2 rings (SSSR count). The highest BCUT2D eigenvalue weighted by molar-refractivity contribution is 9.08. The molecular formula is C13H11BrFNO. The van der Waals surface area contributed by atoms with E-state index in [4.69, 9.17) is 0 Å². The van der Waals surface area contributed by atoms with Crippen LogP contribution in [0.25, 0.3) is 0 Å². The number of alkyl halides is 1. The molecular weight excluding hydrogens is 285 g/mol. The highest BCUT2D eigenvalue weighted by Crippen LogP contribution is 2.08. The second-order valence-corrected chi connectivity index (χ2v) is 4.32. The molecule has 0 unspecified atom stereocenters. The van der Waals surface area contributed by atoms with Gasteiger partial charge in [-0.25, -0.2) is 4.39 Å². The normalized spacial score (nSPS) is 10.5. The molecule has 1 aromatic carbocycles. The molecule has 0 N–H and O–H groups in total. The Morgan fingerprint density at radius 1 is 1.06 bits per heavy atom. The average molecular weight is 296 g/mol. The lowest BCUT2D eigenvalue weighted by Crippen LogP contribution is -2.19. The number of benzene rings is 1. The molecule has 4 heteroatoms. The summed E-state index contributed by atoms with van der Waals surface area (Å²) in [7, 11) is 0. The van der Waals surface area contributed by atoms with Crippen LogP contribution in [0, 0.1) is 5.82 Å². The van der Waals surface area contributed by atoms with Gasteiger partial charge in [0.2, 0.25) is 0 Å². The number of hydrogen-bond acceptors (Lipinski definition) is 1. The van der Waals surface area contributed by atoms with Crippen molar-refractivity contribution in [2.24, 2.45) is 0 Å². The lowest BCUT2D eigenvalue weighted by molar-refractivity contribution is 0.595. The molecule has 1 aromatic heterocycles. The van der Waals surface area contributed by atoms with Crippen LogP contribution in [-0.2, 0) is 11.9 Å². The van der Waals surface area contributed by atoms with E-state index in [9.17, 15) is 9.18 Å². The van der Waals surface area contributed by atoms with E-state index in [1.807, 2.05) is 24.3 Å². The minimum absolute atomic E-state index is 0.198. The van der Waals surface area contributed by atoms with Gasteiger partial charge in [-0.1, -0.05) is 40.2 Å². The van der Waals surface area contributed by atoms with E-state index in [0.29, 0.717) is 6.54 Å². The Hall–Kier alpha value is -1.42. The summed E-state index contributed by atoms with van der Waals surface area (Å²) in [6.45, 7) is 0.388. The number of nitrogens with zero attached hydrogens (tertiary/aromatic N) is 1. The Bertz CT molecular complexity index is 562. The summed E-state index contributed by atoms with van der Waals surface area (Å²) in [5, 5.41) is 0.799. The van der Waals surface area contributed by atoms with Crippen LogP contribution in [0.4, 0.5) is 4.39 Å². The van der Waals surface area contributed by atoms with Crippen molar-refractivity contribution in [2.75, 3.05) is 0 Å². The van der Waals surface area contributed by atoms with Crippen LogP contribution in [0.2, 0.25) is 0 Å². The van der Waals surface area contributed by atoms with Crippen molar-refractivity contribution in [3.63, 3.8) is 0 Å². The van der Waals surface area contributed by atoms with E-state index in [-0.39, 0.29) is 5.56 Å². The maximum Gasteiger partial charge on any atom is 0.251 e. The van der Waals surface area contributed by atoms with E-state index in [2.05, 4.69) is 15.9 Å². The van der Waals surface area contributed by atoms with Gasteiger partial charge >= 0.3 is 0 Å². The molecule has 0 amide bonds. The molecule has 17 heavy (non-hydrogen) atoms. The number of rotatable bonds is 3. The van der Waals surface area contributed by atoms with Crippen molar-refractivity contribution in [2.45, 2.75) is 11.9 Å². The number of halogens is 2. The van der Waals surface area contributed by atoms with Crippen LogP contribution in [0.3, 0.4) is 0 Å². The van der Waals surface area contributed by atoms with Gasteiger partial charge in [0.1, 0.15) is 5.82 Å². The van der Waals surface area contributed by atoms with Gasteiger partial charge in [0.15, 0.2) is 0 Å². The van der Waals surface area contributed by atoms with E-state index in [1.54, 1.807) is 0 Å². The second kappa shape index (κ2) is 5.27. The maximum absolute atomic E-state index is 13.0. The third-order valence-corrected chi connectivity index (χ3v) is 3.13. The van der Waals surface area contributed by atoms with Gasteiger partial charge in [-0.05, 0) is 17.2 Å². The molecule has 0 fully saturated rings. The summed E-state index contributed by atoms with van der Waals surface area (Å²) >= 11 is 3.37. The summed E-state index contributed by atoms with van der Waals surface area (Å²) in [6, 6.07) is 10.2. The molecule has 0 aliphatic heterocycles. The van der Waals surface area contributed by atoms with Gasteiger partial charge in [0.05, 0.1) is 6.54 Å². The van der Waals surface area contributed by atoms with E-state index >= 15 is 0 Å². The molecule has 2 nitrogen and oxygen atoms in total. The summed E-state index contributed by atoms with van der Waals surface area (Å²) in [5.41, 5.74) is 1.94. The van der Waals surface area contributed by atoms with Crippen molar-refractivity contribution in [3.8, 4) is 0 Å². The first-order chi connectivity index (χ1) is 8.19. The van der Waals surface area contributed by atoms with Gasteiger partial charge in [-0.2, -0.15) is 0 Å². The summed E-state index contributed by atoms with van der Waals surface area (Å²) in [6.07, 6.45) is 1.22. The van der Waals surface area contributed by atoms with Gasteiger partial charge in [0, 0.05) is 17.6 Å². The highest BCUT2D eigenvalue weighted by Gasteiger charge is 2.00. The van der Waals surface area contributed by atoms with Crippen molar-refractivity contribution < 1.29 is 4.39 Å². The fourth-order valence-corrected chi connectivity index (χ4v) is 1.93. The predicted octanol–water partition coefficient (Wildman–Crippen LogP) is 2.93. The van der Waals surface area contributed by atoms with Crippen LogP contribution < -0.4 is 5.56 Å². The minimum Gasteiger partial charge on any atom is -0.308 e.